The fourth-order valence-electron chi connectivity index (χ4n) is 2.45. The van der Waals surface area contributed by atoms with Crippen LogP contribution in [0, 0.1) is 6.92 Å². The van der Waals surface area contributed by atoms with Crippen LogP contribution in [0.4, 0.5) is 11.5 Å². The predicted octanol–water partition coefficient (Wildman–Crippen LogP) is 2.77. The lowest BCUT2D eigenvalue weighted by Gasteiger charge is -2.36. The number of hydrogen-bond acceptors (Lipinski definition) is 4. The zero-order valence-corrected chi connectivity index (χ0v) is 12.2. The monoisotopic (exact) mass is 288 g/mol. The molecule has 0 unspecified atom stereocenters. The fraction of sp³-hybridized carbons (Fsp3) is 0.333. The van der Waals surface area contributed by atoms with Gasteiger partial charge in [0.15, 0.2) is 0 Å². The zero-order chi connectivity index (χ0) is 13.9. The van der Waals surface area contributed by atoms with Gasteiger partial charge < -0.3 is 9.80 Å². The summed E-state index contributed by atoms with van der Waals surface area (Å²) in [6.45, 7) is 5.86. The lowest BCUT2D eigenvalue weighted by molar-refractivity contribution is 0.645. The average molecular weight is 289 g/mol. The summed E-state index contributed by atoms with van der Waals surface area (Å²) >= 11 is 5.93. The third kappa shape index (κ3) is 2.85. The molecule has 0 aliphatic carbocycles. The maximum Gasteiger partial charge on any atom is 0.147 e. The summed E-state index contributed by atoms with van der Waals surface area (Å²) in [5, 5.41) is 0.780. The summed E-state index contributed by atoms with van der Waals surface area (Å²) in [6.07, 6.45) is 3.62. The lowest BCUT2D eigenvalue weighted by Crippen LogP contribution is -2.46. The molecule has 1 aromatic carbocycles. The third-order valence-electron chi connectivity index (χ3n) is 3.54. The van der Waals surface area contributed by atoms with Crippen molar-refractivity contribution < 1.29 is 0 Å². The highest BCUT2D eigenvalue weighted by atomic mass is 35.5. The Labute approximate surface area is 124 Å². The number of rotatable bonds is 2. The standard InChI is InChI=1S/C15H17ClN4/c1-12-10-17-11-15(18-12)20-8-6-19(7-9-20)14-4-2-13(16)3-5-14/h2-5,10-11H,6-9H2,1H3. The number of aryl methyl sites for hydroxylation is 1. The van der Waals surface area contributed by atoms with E-state index in [4.69, 9.17) is 11.6 Å². The Morgan fingerprint density at radius 3 is 2.25 bits per heavy atom. The summed E-state index contributed by atoms with van der Waals surface area (Å²) in [7, 11) is 0. The van der Waals surface area contributed by atoms with Gasteiger partial charge in [-0.25, -0.2) is 4.98 Å². The van der Waals surface area contributed by atoms with Crippen LogP contribution in [0.25, 0.3) is 0 Å². The van der Waals surface area contributed by atoms with Crippen LogP contribution >= 0.6 is 11.6 Å². The highest BCUT2D eigenvalue weighted by molar-refractivity contribution is 6.30. The van der Waals surface area contributed by atoms with Gasteiger partial charge in [-0.15, -0.1) is 0 Å². The Bertz CT molecular complexity index is 577. The van der Waals surface area contributed by atoms with Crippen molar-refractivity contribution in [3.05, 3.63) is 47.4 Å². The van der Waals surface area contributed by atoms with E-state index in [1.807, 2.05) is 25.3 Å². The number of anilines is 2. The van der Waals surface area contributed by atoms with Crippen LogP contribution in [0.3, 0.4) is 0 Å². The van der Waals surface area contributed by atoms with Crippen LogP contribution in [0.5, 0.6) is 0 Å². The van der Waals surface area contributed by atoms with Crippen LogP contribution in [0.1, 0.15) is 5.69 Å². The molecule has 5 heteroatoms. The molecule has 20 heavy (non-hydrogen) atoms. The summed E-state index contributed by atoms with van der Waals surface area (Å²) in [5.74, 6) is 0.973. The molecule has 0 saturated carbocycles. The van der Waals surface area contributed by atoms with Crippen LogP contribution in [-0.2, 0) is 0 Å². The minimum absolute atomic E-state index is 0.780. The number of halogens is 1. The lowest BCUT2D eigenvalue weighted by atomic mass is 10.2. The molecule has 0 amide bonds. The molecule has 2 heterocycles. The van der Waals surface area contributed by atoms with E-state index in [-0.39, 0.29) is 0 Å². The van der Waals surface area contributed by atoms with Crippen molar-refractivity contribution in [3.63, 3.8) is 0 Å². The average Bonchev–Trinajstić information content (AvgIpc) is 2.48. The van der Waals surface area contributed by atoms with E-state index in [9.17, 15) is 0 Å². The quantitative estimate of drug-likeness (QED) is 0.851. The molecule has 104 valence electrons. The van der Waals surface area contributed by atoms with Gasteiger partial charge in [0, 0.05) is 43.1 Å². The predicted molar refractivity (Wildman–Crippen MR) is 82.6 cm³/mol. The van der Waals surface area contributed by atoms with Crippen molar-refractivity contribution in [1.29, 1.82) is 0 Å². The first-order valence-corrected chi connectivity index (χ1v) is 7.14. The van der Waals surface area contributed by atoms with Crippen molar-refractivity contribution in [1.82, 2.24) is 9.97 Å². The molecule has 0 spiro atoms. The molecule has 1 saturated heterocycles. The number of benzene rings is 1. The van der Waals surface area contributed by atoms with Crippen LogP contribution in [0.15, 0.2) is 36.7 Å². The van der Waals surface area contributed by atoms with Gasteiger partial charge in [-0.1, -0.05) is 11.6 Å². The highest BCUT2D eigenvalue weighted by Gasteiger charge is 2.18. The molecule has 1 aliphatic rings. The first-order chi connectivity index (χ1) is 9.72. The summed E-state index contributed by atoms with van der Waals surface area (Å²) in [5.41, 5.74) is 2.19. The third-order valence-corrected chi connectivity index (χ3v) is 3.79. The summed E-state index contributed by atoms with van der Waals surface area (Å²) in [4.78, 5) is 13.4. The number of hydrogen-bond donors (Lipinski definition) is 0. The fourth-order valence-corrected chi connectivity index (χ4v) is 2.57. The first kappa shape index (κ1) is 13.2. The van der Waals surface area contributed by atoms with Gasteiger partial charge in [0.2, 0.25) is 0 Å². The second-order valence-electron chi connectivity index (χ2n) is 4.97. The van der Waals surface area contributed by atoms with Gasteiger partial charge in [0.05, 0.1) is 11.9 Å². The van der Waals surface area contributed by atoms with Crippen molar-refractivity contribution in [3.8, 4) is 0 Å². The van der Waals surface area contributed by atoms with E-state index in [2.05, 4.69) is 31.9 Å². The molecular weight excluding hydrogens is 272 g/mol. The van der Waals surface area contributed by atoms with E-state index in [1.165, 1.54) is 5.69 Å². The van der Waals surface area contributed by atoms with Gasteiger partial charge in [0.25, 0.3) is 0 Å². The molecule has 0 N–H and O–H groups in total. The number of aromatic nitrogens is 2. The second-order valence-corrected chi connectivity index (χ2v) is 5.41. The molecule has 3 rings (SSSR count). The number of piperazine rings is 1. The zero-order valence-electron chi connectivity index (χ0n) is 11.5. The molecule has 1 fully saturated rings. The van der Waals surface area contributed by atoms with E-state index in [1.54, 1.807) is 6.20 Å². The molecule has 0 atom stereocenters. The van der Waals surface area contributed by atoms with E-state index < -0.39 is 0 Å². The highest BCUT2D eigenvalue weighted by Crippen LogP contribution is 2.21. The topological polar surface area (TPSA) is 32.3 Å². The molecule has 1 aliphatic heterocycles. The Hall–Kier alpha value is -1.81. The largest absolute Gasteiger partial charge is 0.368 e. The summed E-state index contributed by atoms with van der Waals surface area (Å²) in [6, 6.07) is 8.03. The second kappa shape index (κ2) is 5.67. The maximum atomic E-state index is 5.93. The Balaban J connectivity index is 1.66. The van der Waals surface area contributed by atoms with Gasteiger partial charge in [-0.05, 0) is 31.2 Å². The van der Waals surface area contributed by atoms with Crippen molar-refractivity contribution in [2.24, 2.45) is 0 Å². The molecule has 4 nitrogen and oxygen atoms in total. The van der Waals surface area contributed by atoms with Crippen molar-refractivity contribution in [2.45, 2.75) is 6.92 Å². The van der Waals surface area contributed by atoms with Gasteiger partial charge in [-0.2, -0.15) is 0 Å². The van der Waals surface area contributed by atoms with Crippen molar-refractivity contribution >= 4 is 23.1 Å². The Morgan fingerprint density at radius 2 is 1.60 bits per heavy atom. The van der Waals surface area contributed by atoms with Crippen LogP contribution in [0.2, 0.25) is 5.02 Å². The van der Waals surface area contributed by atoms with E-state index in [0.717, 1.165) is 42.7 Å². The van der Waals surface area contributed by atoms with Gasteiger partial charge in [0.1, 0.15) is 5.82 Å². The Morgan fingerprint density at radius 1 is 0.950 bits per heavy atom. The van der Waals surface area contributed by atoms with Gasteiger partial charge >= 0.3 is 0 Å². The van der Waals surface area contributed by atoms with Gasteiger partial charge in [-0.3, -0.25) is 4.98 Å². The number of nitrogens with zero attached hydrogens (tertiary/aromatic N) is 4. The molecule has 2 aromatic rings. The molecular formula is C15H17ClN4. The molecule has 1 aromatic heterocycles. The van der Waals surface area contributed by atoms with Crippen LogP contribution in [-0.4, -0.2) is 36.1 Å². The molecule has 0 bridgehead atoms. The Kier molecular flexibility index (Phi) is 3.74. The minimum Gasteiger partial charge on any atom is -0.368 e. The van der Waals surface area contributed by atoms with E-state index in [0.29, 0.717) is 0 Å². The normalized spacial score (nSPS) is 15.5. The molecule has 0 radical (unpaired) electrons. The smallest absolute Gasteiger partial charge is 0.147 e. The SMILES string of the molecule is Cc1cncc(N2CCN(c3ccc(Cl)cc3)CC2)n1. The summed E-state index contributed by atoms with van der Waals surface area (Å²) < 4.78 is 0. The first-order valence-electron chi connectivity index (χ1n) is 6.76. The van der Waals surface area contributed by atoms with Crippen molar-refractivity contribution in [2.75, 3.05) is 36.0 Å². The minimum atomic E-state index is 0.780. The maximum absolute atomic E-state index is 5.93. The van der Waals surface area contributed by atoms with E-state index >= 15 is 0 Å². The van der Waals surface area contributed by atoms with Crippen LogP contribution < -0.4 is 9.80 Å².